The Bertz CT molecular complexity index is 673. The molecule has 136 valence electrons. The zero-order valence-electron chi connectivity index (χ0n) is 14.7. The van der Waals surface area contributed by atoms with E-state index >= 15 is 0 Å². The van der Waals surface area contributed by atoms with Crippen LogP contribution in [0.3, 0.4) is 0 Å². The number of hydrogen-bond acceptors (Lipinski definition) is 7. The zero-order valence-corrected chi connectivity index (χ0v) is 14.7. The Morgan fingerprint density at radius 1 is 1.56 bits per heavy atom. The van der Waals surface area contributed by atoms with Crippen molar-refractivity contribution in [3.05, 3.63) is 29.6 Å². The van der Waals surface area contributed by atoms with Crippen molar-refractivity contribution in [2.24, 2.45) is 0 Å². The first-order valence-corrected chi connectivity index (χ1v) is 8.29. The quantitative estimate of drug-likeness (QED) is 0.464. The number of rotatable bonds is 6. The lowest BCUT2D eigenvalue weighted by Gasteiger charge is -2.30. The van der Waals surface area contributed by atoms with E-state index in [1.807, 2.05) is 0 Å². The zero-order chi connectivity index (χ0) is 18.4. The minimum absolute atomic E-state index is 0.151. The van der Waals surface area contributed by atoms with Gasteiger partial charge in [0.15, 0.2) is 0 Å². The van der Waals surface area contributed by atoms with Gasteiger partial charge in [-0.25, -0.2) is 4.98 Å². The van der Waals surface area contributed by atoms with Crippen LogP contribution in [0, 0.1) is 5.41 Å². The van der Waals surface area contributed by atoms with Crippen molar-refractivity contribution in [3.63, 3.8) is 0 Å². The maximum absolute atomic E-state index is 11.9. The number of aromatic nitrogens is 1. The summed E-state index contributed by atoms with van der Waals surface area (Å²) < 4.78 is 0. The van der Waals surface area contributed by atoms with Crippen LogP contribution in [0.5, 0.6) is 0 Å². The molecule has 1 amide bonds. The van der Waals surface area contributed by atoms with Crippen LogP contribution in [0.2, 0.25) is 0 Å². The molecule has 1 unspecified atom stereocenters. The van der Waals surface area contributed by atoms with Crippen LogP contribution in [0.25, 0.3) is 5.57 Å². The van der Waals surface area contributed by atoms with Crippen molar-refractivity contribution < 1.29 is 9.90 Å². The standard InChI is InChI=1S/C17H26N6O2/c1-20-8-14(15(18)10-23-5-3-4-12(24)9-23)11-6-13(17(25)21-2)16(19)22-7-11/h6-8,12,18,20,24H,3-5,9-10H2,1-2H3,(H2,19,22)(H,21,25)/b14-8-,18-15?. The Morgan fingerprint density at radius 3 is 2.96 bits per heavy atom. The molecular formula is C17H26N6O2. The van der Waals surface area contributed by atoms with E-state index in [2.05, 4.69) is 20.5 Å². The maximum Gasteiger partial charge on any atom is 0.254 e. The van der Waals surface area contributed by atoms with Crippen LogP contribution in [0.1, 0.15) is 28.8 Å². The molecule has 2 rings (SSSR count). The molecule has 8 heteroatoms. The lowest BCUT2D eigenvalue weighted by Crippen LogP contribution is -2.41. The summed E-state index contributed by atoms with van der Waals surface area (Å²) in [5, 5.41) is 23.7. The molecule has 1 saturated heterocycles. The van der Waals surface area contributed by atoms with E-state index in [9.17, 15) is 9.90 Å². The number of likely N-dealkylation sites (tertiary alicyclic amines) is 1. The van der Waals surface area contributed by atoms with E-state index in [1.165, 1.54) is 7.05 Å². The number of β-amino-alcohol motifs (C(OH)–C–C–N with tert-alkyl or cyclic N) is 1. The van der Waals surface area contributed by atoms with Gasteiger partial charge in [-0.1, -0.05) is 0 Å². The summed E-state index contributed by atoms with van der Waals surface area (Å²) in [6.45, 7) is 1.85. The summed E-state index contributed by atoms with van der Waals surface area (Å²) >= 11 is 0. The number of hydrogen-bond donors (Lipinski definition) is 5. The lowest BCUT2D eigenvalue weighted by atomic mass is 10.00. The van der Waals surface area contributed by atoms with Gasteiger partial charge < -0.3 is 26.9 Å². The number of nitrogens with two attached hydrogens (primary N) is 1. The van der Waals surface area contributed by atoms with Crippen molar-refractivity contribution in [2.45, 2.75) is 18.9 Å². The number of nitrogen functional groups attached to an aromatic ring is 1. The van der Waals surface area contributed by atoms with Gasteiger partial charge in [-0.3, -0.25) is 9.69 Å². The molecule has 1 aliphatic heterocycles. The van der Waals surface area contributed by atoms with E-state index in [4.69, 9.17) is 11.1 Å². The van der Waals surface area contributed by atoms with Crippen LogP contribution in [0.15, 0.2) is 18.5 Å². The van der Waals surface area contributed by atoms with Crippen LogP contribution in [-0.4, -0.2) is 66.4 Å². The Balaban J connectivity index is 2.24. The molecular weight excluding hydrogens is 320 g/mol. The number of pyridine rings is 1. The summed E-state index contributed by atoms with van der Waals surface area (Å²) in [4.78, 5) is 18.1. The molecule has 1 aromatic heterocycles. The van der Waals surface area contributed by atoms with E-state index in [-0.39, 0.29) is 23.4 Å². The SMILES string of the molecule is CN/C=C(\C(=N)CN1CCCC(O)C1)c1cnc(N)c(C(=O)NC)c1. The topological polar surface area (TPSA) is 127 Å². The lowest BCUT2D eigenvalue weighted by molar-refractivity contribution is 0.0792. The van der Waals surface area contributed by atoms with Gasteiger partial charge in [0, 0.05) is 50.7 Å². The Labute approximate surface area is 147 Å². The van der Waals surface area contributed by atoms with Gasteiger partial charge in [-0.05, 0) is 25.5 Å². The average molecular weight is 346 g/mol. The fourth-order valence-corrected chi connectivity index (χ4v) is 2.91. The minimum Gasteiger partial charge on any atom is -0.393 e. The fourth-order valence-electron chi connectivity index (χ4n) is 2.91. The number of anilines is 1. The first kappa shape index (κ1) is 18.9. The van der Waals surface area contributed by atoms with E-state index < -0.39 is 0 Å². The third kappa shape index (κ3) is 4.77. The fraction of sp³-hybridized carbons (Fsp3) is 0.471. The van der Waals surface area contributed by atoms with Gasteiger partial charge in [-0.15, -0.1) is 0 Å². The van der Waals surface area contributed by atoms with Gasteiger partial charge in [0.1, 0.15) is 5.82 Å². The average Bonchev–Trinajstić information content (AvgIpc) is 2.59. The van der Waals surface area contributed by atoms with Crippen molar-refractivity contribution >= 4 is 23.0 Å². The molecule has 0 spiro atoms. The maximum atomic E-state index is 11.9. The number of aliphatic hydroxyl groups excluding tert-OH is 1. The van der Waals surface area contributed by atoms with Gasteiger partial charge >= 0.3 is 0 Å². The second kappa shape index (κ2) is 8.59. The molecule has 1 aromatic rings. The minimum atomic E-state index is -0.337. The Morgan fingerprint density at radius 2 is 2.32 bits per heavy atom. The van der Waals surface area contributed by atoms with Crippen molar-refractivity contribution in [3.8, 4) is 0 Å². The van der Waals surface area contributed by atoms with E-state index in [0.717, 1.165) is 19.4 Å². The molecule has 0 aliphatic carbocycles. The summed E-state index contributed by atoms with van der Waals surface area (Å²) in [5.74, 6) is -0.168. The molecule has 25 heavy (non-hydrogen) atoms. The summed E-state index contributed by atoms with van der Waals surface area (Å²) in [6.07, 6.45) is 4.66. The third-order valence-electron chi connectivity index (χ3n) is 4.18. The summed E-state index contributed by atoms with van der Waals surface area (Å²) in [6, 6.07) is 1.64. The number of piperidine rings is 1. The molecule has 1 fully saturated rings. The molecule has 0 bridgehead atoms. The van der Waals surface area contributed by atoms with Crippen molar-refractivity contribution in [2.75, 3.05) is 39.5 Å². The largest absolute Gasteiger partial charge is 0.393 e. The molecule has 1 aliphatic rings. The van der Waals surface area contributed by atoms with Crippen molar-refractivity contribution in [1.29, 1.82) is 5.41 Å². The number of amides is 1. The third-order valence-corrected chi connectivity index (χ3v) is 4.18. The molecule has 6 N–H and O–H groups in total. The molecule has 8 nitrogen and oxygen atoms in total. The van der Waals surface area contributed by atoms with Crippen molar-refractivity contribution in [1.82, 2.24) is 20.5 Å². The number of carbonyl (C=O) groups excluding carboxylic acids is 1. The first-order valence-electron chi connectivity index (χ1n) is 8.29. The molecule has 0 radical (unpaired) electrons. The highest BCUT2D eigenvalue weighted by Crippen LogP contribution is 2.20. The number of aliphatic hydroxyl groups is 1. The normalized spacial score (nSPS) is 18.7. The van der Waals surface area contributed by atoms with Gasteiger partial charge in [-0.2, -0.15) is 0 Å². The highest BCUT2D eigenvalue weighted by Gasteiger charge is 2.21. The predicted octanol–water partition coefficient (Wildman–Crippen LogP) is 0.0602. The Kier molecular flexibility index (Phi) is 6.49. The summed E-state index contributed by atoms with van der Waals surface area (Å²) in [7, 11) is 3.28. The monoisotopic (exact) mass is 346 g/mol. The van der Waals surface area contributed by atoms with Gasteiger partial charge in [0.05, 0.1) is 17.4 Å². The predicted molar refractivity (Wildman–Crippen MR) is 98.5 cm³/mol. The molecule has 0 aromatic carbocycles. The number of nitrogens with zero attached hydrogens (tertiary/aromatic N) is 2. The van der Waals surface area contributed by atoms with Crippen LogP contribution >= 0.6 is 0 Å². The number of nitrogens with one attached hydrogen (secondary N) is 3. The highest BCUT2D eigenvalue weighted by molar-refractivity contribution is 6.23. The Hall–Kier alpha value is -2.45. The van der Waals surface area contributed by atoms with Crippen LogP contribution in [-0.2, 0) is 0 Å². The number of carbonyl (C=O) groups is 1. The highest BCUT2D eigenvalue weighted by atomic mass is 16.3. The van der Waals surface area contributed by atoms with Crippen LogP contribution in [0.4, 0.5) is 5.82 Å². The second-order valence-electron chi connectivity index (χ2n) is 6.09. The molecule has 2 heterocycles. The smallest absolute Gasteiger partial charge is 0.254 e. The van der Waals surface area contributed by atoms with Crippen LogP contribution < -0.4 is 16.4 Å². The summed E-state index contributed by atoms with van der Waals surface area (Å²) in [5.41, 5.74) is 7.73. The van der Waals surface area contributed by atoms with E-state index in [0.29, 0.717) is 29.9 Å². The van der Waals surface area contributed by atoms with E-state index in [1.54, 1.807) is 25.5 Å². The second-order valence-corrected chi connectivity index (χ2v) is 6.09. The first-order chi connectivity index (χ1) is 12.0. The molecule has 0 saturated carbocycles. The molecule has 1 atom stereocenters. The van der Waals surface area contributed by atoms with Gasteiger partial charge in [0.25, 0.3) is 5.91 Å². The van der Waals surface area contributed by atoms with Gasteiger partial charge in [0.2, 0.25) is 0 Å².